The Morgan fingerprint density at radius 3 is 2.38 bits per heavy atom. The summed E-state index contributed by atoms with van der Waals surface area (Å²) in [6, 6.07) is 11.1. The maximum absolute atomic E-state index is 12.2. The lowest BCUT2D eigenvalue weighted by Gasteiger charge is -2.13. The molecular formula is C17H15Cl2NO4. The number of ether oxygens (including phenoxy) is 2. The van der Waals surface area contributed by atoms with Gasteiger partial charge in [0.25, 0.3) is 5.91 Å². The number of carbonyl (C=O) groups excluding carboxylic acids is 2. The Hall–Kier alpha value is -2.24. The number of benzene rings is 2. The standard InChI is InChI=1S/C17H15Cl2NO4/c1-10(17(22)23-2)24-13-6-3-11(4-7-13)16(21)20-15-9-12(18)5-8-14(15)19/h3-10H,1-2H3,(H,20,21)/t10-/m1/s1. The van der Waals surface area contributed by atoms with Crippen LogP contribution in [0.5, 0.6) is 5.75 Å². The summed E-state index contributed by atoms with van der Waals surface area (Å²) in [7, 11) is 1.29. The van der Waals surface area contributed by atoms with Crippen LogP contribution in [0.15, 0.2) is 42.5 Å². The molecule has 0 fully saturated rings. The highest BCUT2D eigenvalue weighted by Crippen LogP contribution is 2.26. The summed E-state index contributed by atoms with van der Waals surface area (Å²) in [5.41, 5.74) is 0.831. The zero-order valence-corrected chi connectivity index (χ0v) is 14.5. The molecule has 0 saturated carbocycles. The Balaban J connectivity index is 2.06. The first kappa shape index (κ1) is 18.1. The number of esters is 1. The average Bonchev–Trinajstić information content (AvgIpc) is 2.57. The average molecular weight is 368 g/mol. The first-order valence-electron chi connectivity index (χ1n) is 7.01. The van der Waals surface area contributed by atoms with Crippen molar-refractivity contribution >= 4 is 40.8 Å². The van der Waals surface area contributed by atoms with Crippen LogP contribution in [0.3, 0.4) is 0 Å². The lowest BCUT2D eigenvalue weighted by molar-refractivity contribution is -0.147. The molecule has 2 aromatic carbocycles. The summed E-state index contributed by atoms with van der Waals surface area (Å²) >= 11 is 11.9. The van der Waals surface area contributed by atoms with E-state index in [-0.39, 0.29) is 5.91 Å². The zero-order chi connectivity index (χ0) is 17.7. The molecule has 0 saturated heterocycles. The summed E-state index contributed by atoms with van der Waals surface area (Å²) in [4.78, 5) is 23.6. The molecular weight excluding hydrogens is 353 g/mol. The van der Waals surface area contributed by atoms with E-state index in [0.717, 1.165) is 0 Å². The fraction of sp³-hybridized carbons (Fsp3) is 0.176. The number of anilines is 1. The highest BCUT2D eigenvalue weighted by atomic mass is 35.5. The third kappa shape index (κ3) is 4.63. The first-order chi connectivity index (χ1) is 11.4. The van der Waals surface area contributed by atoms with Crippen LogP contribution < -0.4 is 10.1 Å². The van der Waals surface area contributed by atoms with Gasteiger partial charge in [-0.2, -0.15) is 0 Å². The van der Waals surface area contributed by atoms with Crippen molar-refractivity contribution in [3.8, 4) is 5.75 Å². The smallest absolute Gasteiger partial charge is 0.346 e. The number of halogens is 2. The van der Waals surface area contributed by atoms with Crippen LogP contribution in [0.25, 0.3) is 0 Å². The fourth-order valence-corrected chi connectivity index (χ4v) is 2.23. The summed E-state index contributed by atoms with van der Waals surface area (Å²) in [5, 5.41) is 3.54. The van der Waals surface area contributed by atoms with Crippen molar-refractivity contribution in [3.63, 3.8) is 0 Å². The minimum Gasteiger partial charge on any atom is -0.479 e. The van der Waals surface area contributed by atoms with Crippen molar-refractivity contribution < 1.29 is 19.1 Å². The molecule has 24 heavy (non-hydrogen) atoms. The molecule has 0 bridgehead atoms. The summed E-state index contributed by atoms with van der Waals surface area (Å²) in [5.74, 6) is -0.371. The largest absolute Gasteiger partial charge is 0.479 e. The lowest BCUT2D eigenvalue weighted by atomic mass is 10.2. The highest BCUT2D eigenvalue weighted by molar-refractivity contribution is 6.35. The molecule has 0 aliphatic carbocycles. The summed E-state index contributed by atoms with van der Waals surface area (Å²) < 4.78 is 9.99. The first-order valence-corrected chi connectivity index (χ1v) is 7.77. The zero-order valence-electron chi connectivity index (χ0n) is 13.0. The Bertz CT molecular complexity index is 747. The second kappa shape index (κ2) is 8.04. The van der Waals surface area contributed by atoms with Gasteiger partial charge in [-0.25, -0.2) is 4.79 Å². The molecule has 0 radical (unpaired) electrons. The molecule has 2 aromatic rings. The van der Waals surface area contributed by atoms with Crippen LogP contribution in [0.1, 0.15) is 17.3 Å². The number of amides is 1. The molecule has 1 atom stereocenters. The van der Waals surface area contributed by atoms with E-state index in [1.54, 1.807) is 49.4 Å². The van der Waals surface area contributed by atoms with Gasteiger partial charge in [-0.05, 0) is 49.4 Å². The molecule has 7 heteroatoms. The van der Waals surface area contributed by atoms with E-state index in [9.17, 15) is 9.59 Å². The fourth-order valence-electron chi connectivity index (χ4n) is 1.89. The molecule has 0 aromatic heterocycles. The number of methoxy groups -OCH3 is 1. The maximum Gasteiger partial charge on any atom is 0.346 e. The van der Waals surface area contributed by atoms with E-state index in [2.05, 4.69) is 10.1 Å². The lowest BCUT2D eigenvalue weighted by Crippen LogP contribution is -2.24. The quantitative estimate of drug-likeness (QED) is 0.804. The van der Waals surface area contributed by atoms with Crippen molar-refractivity contribution in [1.29, 1.82) is 0 Å². The third-order valence-corrected chi connectivity index (χ3v) is 3.70. The van der Waals surface area contributed by atoms with Gasteiger partial charge in [0, 0.05) is 10.6 Å². The number of rotatable bonds is 5. The van der Waals surface area contributed by atoms with Crippen LogP contribution in [-0.4, -0.2) is 25.1 Å². The van der Waals surface area contributed by atoms with E-state index in [1.165, 1.54) is 7.11 Å². The van der Waals surface area contributed by atoms with E-state index in [1.807, 2.05) is 0 Å². The van der Waals surface area contributed by atoms with Crippen molar-refractivity contribution in [1.82, 2.24) is 0 Å². The van der Waals surface area contributed by atoms with Crippen molar-refractivity contribution in [2.45, 2.75) is 13.0 Å². The van der Waals surface area contributed by atoms with Gasteiger partial charge >= 0.3 is 5.97 Å². The van der Waals surface area contributed by atoms with Gasteiger partial charge in [-0.1, -0.05) is 23.2 Å². The molecule has 1 N–H and O–H groups in total. The maximum atomic E-state index is 12.2. The second-order valence-electron chi connectivity index (χ2n) is 4.89. The van der Waals surface area contributed by atoms with E-state index < -0.39 is 12.1 Å². The Labute approximate surface area is 149 Å². The van der Waals surface area contributed by atoms with Crippen molar-refractivity contribution in [3.05, 3.63) is 58.1 Å². The van der Waals surface area contributed by atoms with Gasteiger partial charge in [0.15, 0.2) is 6.10 Å². The highest BCUT2D eigenvalue weighted by Gasteiger charge is 2.15. The minimum absolute atomic E-state index is 0.341. The molecule has 5 nitrogen and oxygen atoms in total. The molecule has 1 amide bonds. The van der Waals surface area contributed by atoms with Crippen LogP contribution >= 0.6 is 23.2 Å². The Kier molecular flexibility index (Phi) is 6.06. The van der Waals surface area contributed by atoms with Gasteiger partial charge in [-0.3, -0.25) is 4.79 Å². The second-order valence-corrected chi connectivity index (χ2v) is 5.73. The van der Waals surface area contributed by atoms with Gasteiger partial charge in [0.05, 0.1) is 17.8 Å². The Morgan fingerprint density at radius 1 is 1.08 bits per heavy atom. The topological polar surface area (TPSA) is 64.6 Å². The summed E-state index contributed by atoms with van der Waals surface area (Å²) in [6.07, 6.45) is -0.736. The molecule has 0 aliphatic heterocycles. The van der Waals surface area contributed by atoms with Gasteiger partial charge < -0.3 is 14.8 Å². The number of hydrogen-bond donors (Lipinski definition) is 1. The predicted octanol–water partition coefficient (Wildman–Crippen LogP) is 4.19. The predicted molar refractivity (Wildman–Crippen MR) is 93.0 cm³/mol. The van der Waals surface area contributed by atoms with Crippen LogP contribution in [0.4, 0.5) is 5.69 Å². The van der Waals surface area contributed by atoms with Crippen molar-refractivity contribution in [2.75, 3.05) is 12.4 Å². The SMILES string of the molecule is COC(=O)[C@@H](C)Oc1ccc(C(=O)Nc2cc(Cl)ccc2Cl)cc1. The van der Waals surface area contributed by atoms with E-state index in [0.29, 0.717) is 27.0 Å². The van der Waals surface area contributed by atoms with Crippen LogP contribution in [0, 0.1) is 0 Å². The molecule has 2 rings (SSSR count). The van der Waals surface area contributed by atoms with Gasteiger partial charge in [0.2, 0.25) is 0 Å². The molecule has 0 aliphatic rings. The number of carbonyl (C=O) groups is 2. The summed E-state index contributed by atoms with van der Waals surface area (Å²) in [6.45, 7) is 1.58. The van der Waals surface area contributed by atoms with E-state index >= 15 is 0 Å². The van der Waals surface area contributed by atoms with E-state index in [4.69, 9.17) is 27.9 Å². The van der Waals surface area contributed by atoms with Crippen molar-refractivity contribution in [2.24, 2.45) is 0 Å². The van der Waals surface area contributed by atoms with Gasteiger partial charge in [0.1, 0.15) is 5.75 Å². The molecule has 126 valence electrons. The number of nitrogens with one attached hydrogen (secondary N) is 1. The van der Waals surface area contributed by atoms with Crippen LogP contribution in [0.2, 0.25) is 10.0 Å². The Morgan fingerprint density at radius 2 is 1.75 bits per heavy atom. The normalized spacial score (nSPS) is 11.5. The molecule has 0 unspecified atom stereocenters. The van der Waals surface area contributed by atoms with Crippen LogP contribution in [-0.2, 0) is 9.53 Å². The molecule has 0 spiro atoms. The van der Waals surface area contributed by atoms with Gasteiger partial charge in [-0.15, -0.1) is 0 Å². The monoisotopic (exact) mass is 367 g/mol. The third-order valence-electron chi connectivity index (χ3n) is 3.14. The minimum atomic E-state index is -0.736. The number of hydrogen-bond acceptors (Lipinski definition) is 4. The molecule has 0 heterocycles.